The highest BCUT2D eigenvalue weighted by molar-refractivity contribution is 6.29. The van der Waals surface area contributed by atoms with Crippen LogP contribution in [0, 0.1) is 0 Å². The number of nitrogens with zero attached hydrogens (tertiary/aromatic N) is 15. The first kappa shape index (κ1) is 41.7. The molecule has 0 bridgehead atoms. The SMILES string of the molecule is O=C(N[C@H]1CC[C@H](Nc2nc(Cl)nc3c2ncn3[C@H]2CC[C@@H](n3ncc(CO)n3)C2)CC1)N1CCC(Nc2nc(Cl)nc3c2ncn3[C@@H]2C[C@H](n3ncc(CO)n3)[C@@H](O)[C@H]2O)CC1. The van der Waals surface area contributed by atoms with Gasteiger partial charge >= 0.3 is 6.03 Å². The van der Waals surface area contributed by atoms with Crippen LogP contribution in [-0.2, 0) is 13.2 Å². The van der Waals surface area contributed by atoms with Gasteiger partial charge in [-0.15, -0.1) is 0 Å². The minimum atomic E-state index is -1.16. The average molecular weight is 908 g/mol. The quantitative estimate of drug-likeness (QED) is 0.0919. The Bertz CT molecular complexity index is 2580. The van der Waals surface area contributed by atoms with E-state index in [4.69, 9.17) is 28.2 Å². The van der Waals surface area contributed by atoms with Crippen LogP contribution in [0.1, 0.15) is 99.8 Å². The molecule has 7 N–H and O–H groups in total. The summed E-state index contributed by atoms with van der Waals surface area (Å²) >= 11 is 12.9. The summed E-state index contributed by atoms with van der Waals surface area (Å²) in [5, 5.41) is 68.3. The molecule has 1 saturated heterocycles. The van der Waals surface area contributed by atoms with E-state index >= 15 is 0 Å². The Morgan fingerprint density at radius 1 is 0.651 bits per heavy atom. The van der Waals surface area contributed by atoms with Gasteiger partial charge in [-0.3, -0.25) is 0 Å². The van der Waals surface area contributed by atoms with E-state index in [-0.39, 0.29) is 66.4 Å². The highest BCUT2D eigenvalue weighted by atomic mass is 35.5. The topological polar surface area (TPSA) is 286 Å². The third-order valence-electron chi connectivity index (χ3n) is 13.1. The minimum Gasteiger partial charge on any atom is -0.390 e. The molecule has 7 heterocycles. The van der Waals surface area contributed by atoms with Crippen LogP contribution in [-0.4, -0.2) is 144 Å². The first-order valence-corrected chi connectivity index (χ1v) is 22.2. The molecular weight excluding hydrogens is 859 g/mol. The Morgan fingerprint density at radius 2 is 1.19 bits per heavy atom. The Morgan fingerprint density at radius 3 is 1.83 bits per heavy atom. The maximum absolute atomic E-state index is 13.5. The maximum atomic E-state index is 13.5. The zero-order valence-electron chi connectivity index (χ0n) is 34.1. The van der Waals surface area contributed by atoms with Crippen molar-refractivity contribution < 1.29 is 25.2 Å². The zero-order chi connectivity index (χ0) is 43.4. The third kappa shape index (κ3) is 8.21. The van der Waals surface area contributed by atoms with Crippen LogP contribution in [0.4, 0.5) is 16.4 Å². The summed E-state index contributed by atoms with van der Waals surface area (Å²) in [6.45, 7) is 0.671. The van der Waals surface area contributed by atoms with Gasteiger partial charge < -0.3 is 50.4 Å². The summed E-state index contributed by atoms with van der Waals surface area (Å²) in [6.07, 6.45) is 11.6. The molecule has 3 saturated carbocycles. The van der Waals surface area contributed by atoms with Crippen molar-refractivity contribution in [3.8, 4) is 0 Å². The molecule has 4 aliphatic rings. The predicted molar refractivity (Wildman–Crippen MR) is 226 cm³/mol. The van der Waals surface area contributed by atoms with E-state index in [1.807, 2.05) is 4.90 Å². The van der Waals surface area contributed by atoms with Gasteiger partial charge in [0.05, 0.1) is 50.3 Å². The van der Waals surface area contributed by atoms with Crippen molar-refractivity contribution >= 4 is 63.2 Å². The number of fused-ring (bicyclic) bond motifs is 2. The second-order valence-electron chi connectivity index (χ2n) is 17.0. The molecule has 4 fully saturated rings. The molecular formula is C38H48Cl2N18O5. The number of halogens is 2. The molecule has 334 valence electrons. The smallest absolute Gasteiger partial charge is 0.317 e. The van der Waals surface area contributed by atoms with Crippen molar-refractivity contribution in [3.63, 3.8) is 0 Å². The summed E-state index contributed by atoms with van der Waals surface area (Å²) in [7, 11) is 0. The molecule has 23 nitrogen and oxygen atoms in total. The second kappa shape index (κ2) is 17.3. The van der Waals surface area contributed by atoms with Crippen LogP contribution in [0.15, 0.2) is 25.0 Å². The summed E-state index contributed by atoms with van der Waals surface area (Å²) in [4.78, 5) is 45.5. The number of hydrogen-bond donors (Lipinski definition) is 7. The van der Waals surface area contributed by atoms with Gasteiger partial charge in [-0.25, -0.2) is 14.8 Å². The Kier molecular flexibility index (Phi) is 11.5. The van der Waals surface area contributed by atoms with Crippen LogP contribution in [0.5, 0.6) is 0 Å². The van der Waals surface area contributed by atoms with Gasteiger partial charge in [0.2, 0.25) is 10.6 Å². The lowest BCUT2D eigenvalue weighted by Gasteiger charge is -2.35. The Labute approximate surface area is 369 Å². The molecule has 0 aromatic carbocycles. The molecule has 3 aliphatic carbocycles. The lowest BCUT2D eigenvalue weighted by molar-refractivity contribution is 0.00491. The number of nitrogens with one attached hydrogen (secondary N) is 3. The van der Waals surface area contributed by atoms with E-state index in [1.165, 1.54) is 11.0 Å². The summed E-state index contributed by atoms with van der Waals surface area (Å²) < 4.78 is 3.76. The predicted octanol–water partition coefficient (Wildman–Crippen LogP) is 2.32. The van der Waals surface area contributed by atoms with Gasteiger partial charge in [0, 0.05) is 37.3 Å². The fourth-order valence-electron chi connectivity index (χ4n) is 9.74. The molecule has 0 spiro atoms. The number of hydrogen-bond acceptors (Lipinski definition) is 17. The van der Waals surface area contributed by atoms with Crippen LogP contribution in [0.3, 0.4) is 0 Å². The lowest BCUT2D eigenvalue weighted by atomic mass is 9.91. The normalized spacial score (nSPS) is 26.9. The van der Waals surface area contributed by atoms with E-state index in [9.17, 15) is 25.2 Å². The third-order valence-corrected chi connectivity index (χ3v) is 13.5. The highest BCUT2D eigenvalue weighted by Gasteiger charge is 2.45. The first-order chi connectivity index (χ1) is 30.6. The van der Waals surface area contributed by atoms with Gasteiger partial charge in [0.1, 0.15) is 29.6 Å². The number of carbonyl (C=O) groups excluding carboxylic acids is 1. The maximum Gasteiger partial charge on any atom is 0.317 e. The molecule has 63 heavy (non-hydrogen) atoms. The van der Waals surface area contributed by atoms with Crippen molar-refractivity contribution in [2.45, 2.75) is 132 Å². The number of piperidine rings is 1. The van der Waals surface area contributed by atoms with E-state index in [0.29, 0.717) is 71.3 Å². The Hall–Kier alpha value is -5.33. The number of rotatable bonds is 11. The highest BCUT2D eigenvalue weighted by Crippen LogP contribution is 2.41. The molecule has 6 atom stereocenters. The van der Waals surface area contributed by atoms with Crippen LogP contribution < -0.4 is 16.0 Å². The fourth-order valence-corrected chi connectivity index (χ4v) is 10.1. The van der Waals surface area contributed by atoms with Gasteiger partial charge in [-0.1, -0.05) is 0 Å². The summed E-state index contributed by atoms with van der Waals surface area (Å²) in [6, 6.07) is -0.880. The van der Waals surface area contributed by atoms with E-state index in [2.05, 4.69) is 65.8 Å². The monoisotopic (exact) mass is 906 g/mol. The molecule has 0 radical (unpaired) electrons. The number of likely N-dealkylation sites (tertiary alicyclic amines) is 1. The molecule has 6 aromatic heterocycles. The molecule has 2 amide bonds. The largest absolute Gasteiger partial charge is 0.390 e. The number of anilines is 2. The van der Waals surface area contributed by atoms with E-state index in [1.54, 1.807) is 28.2 Å². The molecule has 1 aliphatic heterocycles. The number of urea groups is 1. The van der Waals surface area contributed by atoms with Crippen molar-refractivity contribution in [2.24, 2.45) is 0 Å². The molecule has 0 unspecified atom stereocenters. The number of aromatic nitrogens is 14. The first-order valence-electron chi connectivity index (χ1n) is 21.4. The second-order valence-corrected chi connectivity index (χ2v) is 17.7. The molecule has 6 aromatic rings. The zero-order valence-corrected chi connectivity index (χ0v) is 35.6. The summed E-state index contributed by atoms with van der Waals surface area (Å²) in [5.41, 5.74) is 3.13. The fraction of sp³-hybridized carbons (Fsp3) is 0.605. The van der Waals surface area contributed by atoms with E-state index < -0.39 is 24.3 Å². The number of imidazole rings is 2. The molecule has 25 heteroatoms. The van der Waals surface area contributed by atoms with Crippen molar-refractivity contribution in [2.75, 3.05) is 23.7 Å². The van der Waals surface area contributed by atoms with Gasteiger partial charge in [-0.2, -0.15) is 49.9 Å². The molecule has 10 rings (SSSR count). The number of carbonyl (C=O) groups is 1. The van der Waals surface area contributed by atoms with Gasteiger partial charge in [-0.05, 0) is 87.4 Å². The van der Waals surface area contributed by atoms with Gasteiger partial charge in [0.25, 0.3) is 0 Å². The number of aliphatic hydroxyl groups is 4. The summed E-state index contributed by atoms with van der Waals surface area (Å²) in [5.74, 6) is 1.05. The number of aliphatic hydroxyl groups excluding tert-OH is 4. The van der Waals surface area contributed by atoms with Crippen molar-refractivity contribution in [1.82, 2.24) is 79.2 Å². The standard InChI is InChI=1S/C38H48Cl2N18O5/c39-36-48-32(28-34(50-36)55(17-41-28)24-5-6-25(11-24)57-43-13-22(15-59)52-57)45-19-1-3-20(4-2-19)47-38(63)54-9-7-21(8-10-54)46-33-29-35(51-37(40)49-33)56(18-42-29)26-12-27(31(62)30(26)61)58-44-14-23(16-60)53-58/h13-14,17-21,24-27,30-31,59-62H,1-12,15-16H2,(H,47,63)(H,45,48,50)(H,46,49,51)/t19-,20-,24-,25+,26+,27-,30-,31+/m0/s1. The average Bonchev–Trinajstić information content (AvgIpc) is 4.15. The van der Waals surface area contributed by atoms with Crippen LogP contribution >= 0.6 is 23.2 Å². The number of amides is 2. The van der Waals surface area contributed by atoms with Crippen LogP contribution in [0.25, 0.3) is 22.3 Å². The lowest BCUT2D eigenvalue weighted by Crippen LogP contribution is -2.50. The van der Waals surface area contributed by atoms with Gasteiger partial charge in [0.15, 0.2) is 34.0 Å². The van der Waals surface area contributed by atoms with Crippen LogP contribution in [0.2, 0.25) is 10.6 Å². The minimum absolute atomic E-state index is 0.00146. The van der Waals surface area contributed by atoms with E-state index in [0.717, 1.165) is 44.9 Å². The Balaban J connectivity index is 0.709. The van der Waals surface area contributed by atoms with Crippen molar-refractivity contribution in [1.29, 1.82) is 0 Å². The van der Waals surface area contributed by atoms with Crippen molar-refractivity contribution in [3.05, 3.63) is 47.0 Å².